The van der Waals surface area contributed by atoms with E-state index in [1.807, 2.05) is 24.4 Å². The van der Waals surface area contributed by atoms with Crippen LogP contribution < -0.4 is 20.6 Å². The Morgan fingerprint density at radius 3 is 2.38 bits per heavy atom. The molecule has 0 bridgehead atoms. The van der Waals surface area contributed by atoms with Gasteiger partial charge in [-0.2, -0.15) is 0 Å². The molecule has 3 aromatic rings. The van der Waals surface area contributed by atoms with Crippen molar-refractivity contribution in [2.75, 3.05) is 12.0 Å². The molecule has 1 aromatic heterocycles. The fourth-order valence-electron chi connectivity index (χ4n) is 3.82. The van der Waals surface area contributed by atoms with E-state index >= 15 is 0 Å². The lowest BCUT2D eigenvalue weighted by Gasteiger charge is -2.30. The van der Waals surface area contributed by atoms with Crippen LogP contribution in [0.25, 0.3) is 0 Å². The molecule has 4 heteroatoms. The average molecular weight is 340 g/mol. The molecule has 0 saturated heterocycles. The molecule has 0 atom stereocenters. The fourth-order valence-corrected chi connectivity index (χ4v) is 3.82. The van der Waals surface area contributed by atoms with Gasteiger partial charge < -0.3 is 9.64 Å². The Morgan fingerprint density at radius 2 is 1.69 bits per heavy atom. The Hall–Kier alpha value is -3.01. The highest BCUT2D eigenvalue weighted by Gasteiger charge is 2.28. The highest BCUT2D eigenvalue weighted by atomic mass is 16.5. The lowest BCUT2D eigenvalue weighted by molar-refractivity contribution is 0.414. The number of aromatic nitrogens is 1. The number of aryl methyl sites for hydroxylation is 2. The molecule has 2 aromatic carbocycles. The van der Waals surface area contributed by atoms with Crippen LogP contribution in [0.4, 0.5) is 11.5 Å². The first-order chi connectivity index (χ1) is 12.7. The van der Waals surface area contributed by atoms with Crippen LogP contribution in [0.5, 0.6) is 5.75 Å². The zero-order valence-electron chi connectivity index (χ0n) is 15.3. The van der Waals surface area contributed by atoms with Crippen LogP contribution in [0.15, 0.2) is 73.0 Å². The Morgan fingerprint density at radius 1 is 0.962 bits per heavy atom. The zero-order valence-corrected chi connectivity index (χ0v) is 15.3. The monoisotopic (exact) mass is 340 g/mol. The quantitative estimate of drug-likeness (QED) is 0.682. The summed E-state index contributed by atoms with van der Waals surface area (Å²) in [6, 6.07) is 18.8. The first-order valence-corrected chi connectivity index (χ1v) is 8.81. The second-order valence-corrected chi connectivity index (χ2v) is 6.61. The van der Waals surface area contributed by atoms with Crippen molar-refractivity contribution in [3.8, 4) is 5.75 Å². The Balaban J connectivity index is 1.84. The lowest BCUT2D eigenvalue weighted by Crippen LogP contribution is -2.47. The highest BCUT2D eigenvalue weighted by molar-refractivity contribution is 6.91. The van der Waals surface area contributed by atoms with Gasteiger partial charge in [0.25, 0.3) is 0 Å². The number of para-hydroxylation sites is 1. The summed E-state index contributed by atoms with van der Waals surface area (Å²) in [5.74, 6) is 4.10. The summed E-state index contributed by atoms with van der Waals surface area (Å²) in [7, 11) is 1.72. The molecule has 2 heterocycles. The first-order valence-electron chi connectivity index (χ1n) is 8.81. The minimum atomic E-state index is 0.220. The molecule has 0 aliphatic carbocycles. The van der Waals surface area contributed by atoms with E-state index in [2.05, 4.69) is 72.3 Å². The number of hydrogen-bond donors (Lipinski definition) is 0. The van der Waals surface area contributed by atoms with Crippen LogP contribution in [0.2, 0.25) is 0 Å². The van der Waals surface area contributed by atoms with Crippen LogP contribution in [-0.4, -0.2) is 18.8 Å². The van der Waals surface area contributed by atoms with Crippen molar-refractivity contribution in [3.05, 3.63) is 84.1 Å². The highest BCUT2D eigenvalue weighted by Crippen LogP contribution is 2.26. The molecule has 0 N–H and O–H groups in total. The minimum absolute atomic E-state index is 0.220. The van der Waals surface area contributed by atoms with Gasteiger partial charge in [0.2, 0.25) is 6.71 Å². The van der Waals surface area contributed by atoms with Crippen LogP contribution in [0.1, 0.15) is 11.1 Å². The van der Waals surface area contributed by atoms with Crippen LogP contribution >= 0.6 is 0 Å². The van der Waals surface area contributed by atoms with E-state index in [1.165, 1.54) is 27.7 Å². The number of fused-ring (bicyclic) bond motifs is 1. The number of pyridine rings is 1. The molecular weight excluding hydrogens is 319 g/mol. The van der Waals surface area contributed by atoms with E-state index in [0.717, 1.165) is 11.6 Å². The third-order valence-electron chi connectivity index (χ3n) is 4.97. The molecule has 128 valence electrons. The van der Waals surface area contributed by atoms with Crippen molar-refractivity contribution < 1.29 is 4.74 Å². The van der Waals surface area contributed by atoms with Crippen molar-refractivity contribution in [2.45, 2.75) is 13.8 Å². The maximum atomic E-state index is 5.43. The number of methoxy groups -OCH3 is 1. The zero-order chi connectivity index (χ0) is 18.1. The smallest absolute Gasteiger partial charge is 0.238 e. The molecule has 0 spiro atoms. The van der Waals surface area contributed by atoms with E-state index in [0.29, 0.717) is 0 Å². The number of ether oxygens (including phenoxy) is 1. The van der Waals surface area contributed by atoms with Crippen molar-refractivity contribution in [1.29, 1.82) is 0 Å². The van der Waals surface area contributed by atoms with Crippen molar-refractivity contribution in [1.82, 2.24) is 4.98 Å². The third-order valence-corrected chi connectivity index (χ3v) is 4.97. The molecule has 1 aliphatic rings. The summed E-state index contributed by atoms with van der Waals surface area (Å²) in [5.41, 5.74) is 6.30. The average Bonchev–Trinajstić information content (AvgIpc) is 2.68. The van der Waals surface area contributed by atoms with Gasteiger partial charge >= 0.3 is 0 Å². The van der Waals surface area contributed by atoms with E-state index < -0.39 is 0 Å². The normalized spacial score (nSPS) is 12.9. The SMILES string of the molecule is COc1cc(C)c(B2C=CN(c3ccccn3)c3ccccc32)c(C)c1. The topological polar surface area (TPSA) is 25.4 Å². The number of nitrogens with zero attached hydrogens (tertiary/aromatic N) is 2. The molecule has 4 rings (SSSR count). The molecule has 0 radical (unpaired) electrons. The van der Waals surface area contributed by atoms with E-state index in [9.17, 15) is 0 Å². The van der Waals surface area contributed by atoms with Gasteiger partial charge in [-0.15, -0.1) is 0 Å². The van der Waals surface area contributed by atoms with Gasteiger partial charge in [-0.05, 0) is 55.8 Å². The van der Waals surface area contributed by atoms with Gasteiger partial charge in [0.1, 0.15) is 11.6 Å². The first kappa shape index (κ1) is 16.5. The van der Waals surface area contributed by atoms with Crippen molar-refractivity contribution in [3.63, 3.8) is 0 Å². The predicted octanol–water partition coefficient (Wildman–Crippen LogP) is 3.52. The number of anilines is 2. The summed E-state index contributed by atoms with van der Waals surface area (Å²) in [6.45, 7) is 4.54. The second-order valence-electron chi connectivity index (χ2n) is 6.61. The van der Waals surface area contributed by atoms with Crippen LogP contribution in [0, 0.1) is 13.8 Å². The van der Waals surface area contributed by atoms with E-state index in [1.54, 1.807) is 7.11 Å². The number of rotatable bonds is 3. The third kappa shape index (κ3) is 2.78. The van der Waals surface area contributed by atoms with Crippen molar-refractivity contribution in [2.24, 2.45) is 0 Å². The second kappa shape index (κ2) is 6.72. The van der Waals surface area contributed by atoms with Gasteiger partial charge in [-0.3, -0.25) is 0 Å². The molecule has 26 heavy (non-hydrogen) atoms. The largest absolute Gasteiger partial charge is 0.497 e. The van der Waals surface area contributed by atoms with E-state index in [4.69, 9.17) is 4.74 Å². The molecular formula is C22H21BN2O. The predicted molar refractivity (Wildman–Crippen MR) is 109 cm³/mol. The van der Waals surface area contributed by atoms with Gasteiger partial charge in [0, 0.05) is 11.9 Å². The molecule has 0 unspecified atom stereocenters. The fraction of sp³-hybridized carbons (Fsp3) is 0.136. The standard InChI is InChI=1S/C22H21BN2O/c1-16-14-18(26-3)15-17(2)22(16)23-11-13-25(21-10-6-7-12-24-21)20-9-5-4-8-19(20)23/h4-15H,1-3H3. The van der Waals surface area contributed by atoms with Gasteiger partial charge in [0.15, 0.2) is 0 Å². The molecule has 0 amide bonds. The summed E-state index contributed by atoms with van der Waals surface area (Å²) in [4.78, 5) is 6.67. The summed E-state index contributed by atoms with van der Waals surface area (Å²) >= 11 is 0. The Bertz CT molecular complexity index is 946. The summed E-state index contributed by atoms with van der Waals surface area (Å²) in [5, 5.41) is 0. The van der Waals surface area contributed by atoms with Crippen LogP contribution in [-0.2, 0) is 0 Å². The Labute approximate surface area is 155 Å². The molecule has 0 saturated carbocycles. The van der Waals surface area contributed by atoms with Crippen molar-refractivity contribution >= 4 is 29.1 Å². The minimum Gasteiger partial charge on any atom is -0.497 e. The molecule has 3 nitrogen and oxygen atoms in total. The Kier molecular flexibility index (Phi) is 4.25. The molecule has 1 aliphatic heterocycles. The lowest BCUT2D eigenvalue weighted by atomic mass is 9.38. The van der Waals surface area contributed by atoms with E-state index in [-0.39, 0.29) is 6.71 Å². The maximum Gasteiger partial charge on any atom is 0.238 e. The van der Waals surface area contributed by atoms with Gasteiger partial charge in [-0.25, -0.2) is 4.98 Å². The number of hydrogen-bond acceptors (Lipinski definition) is 3. The molecule has 0 fully saturated rings. The summed E-state index contributed by atoms with van der Waals surface area (Å²) < 4.78 is 5.43. The summed E-state index contributed by atoms with van der Waals surface area (Å²) in [6.07, 6.45) is 3.97. The number of benzene rings is 2. The van der Waals surface area contributed by atoms with Crippen LogP contribution in [0.3, 0.4) is 0 Å². The van der Waals surface area contributed by atoms with Gasteiger partial charge in [0.05, 0.1) is 7.11 Å². The van der Waals surface area contributed by atoms with Gasteiger partial charge in [-0.1, -0.05) is 46.8 Å². The maximum absolute atomic E-state index is 5.43.